The van der Waals surface area contributed by atoms with Gasteiger partial charge in [-0.3, -0.25) is 4.79 Å². The molecule has 0 radical (unpaired) electrons. The molecule has 1 N–H and O–H groups in total. The van der Waals surface area contributed by atoms with Gasteiger partial charge < -0.3 is 10.2 Å². The Morgan fingerprint density at radius 2 is 1.91 bits per heavy atom. The van der Waals surface area contributed by atoms with Crippen LogP contribution in [0.15, 0.2) is 59.8 Å². The van der Waals surface area contributed by atoms with Crippen LogP contribution in [0.5, 0.6) is 0 Å². The van der Waals surface area contributed by atoms with Crippen LogP contribution in [0, 0.1) is 0 Å². The maximum atomic E-state index is 11.9. The zero-order valence-electron chi connectivity index (χ0n) is 12.2. The molecule has 0 aromatic heterocycles. The Labute approximate surface area is 134 Å². The summed E-state index contributed by atoms with van der Waals surface area (Å²) in [5.41, 5.74) is 1.88. The van der Waals surface area contributed by atoms with Crippen LogP contribution in [0.2, 0.25) is 5.02 Å². The number of benzene rings is 2. The molecule has 5 heteroatoms. The highest BCUT2D eigenvalue weighted by Crippen LogP contribution is 2.09. The van der Waals surface area contributed by atoms with Crippen molar-refractivity contribution in [3.63, 3.8) is 0 Å². The van der Waals surface area contributed by atoms with Crippen LogP contribution < -0.4 is 5.32 Å². The average molecular weight is 317 g/mol. The molecule has 1 atom stereocenters. The molecule has 0 aliphatic heterocycles. The molecule has 0 fully saturated rings. The molecule has 0 saturated heterocycles. The van der Waals surface area contributed by atoms with Crippen molar-refractivity contribution >= 4 is 23.7 Å². The number of carbonyl (C=O) groups excluding carboxylic acids is 1. The van der Waals surface area contributed by atoms with Gasteiger partial charge in [0.25, 0.3) is 5.91 Å². The number of hydrogen-bond acceptors (Lipinski definition) is 3. The third kappa shape index (κ3) is 5.22. The highest BCUT2D eigenvalue weighted by Gasteiger charge is 2.13. The van der Waals surface area contributed by atoms with Crippen molar-refractivity contribution in [2.75, 3.05) is 0 Å². The molecule has 1 amide bonds. The minimum atomic E-state index is -0.660. The van der Waals surface area contributed by atoms with Gasteiger partial charge in [0.1, 0.15) is 0 Å². The van der Waals surface area contributed by atoms with Crippen molar-refractivity contribution in [2.45, 2.75) is 19.6 Å². The minimum absolute atomic E-state index is 0.222. The lowest BCUT2D eigenvalue weighted by Gasteiger charge is -2.10. The standard InChI is InChI=1S/C17H17ClN2O2/c1-13(22-20-12-14-5-3-2-4-6-14)17(21)19-11-15-7-9-16(18)10-8-15/h2-10,12-13H,11H2,1H3,(H,19,21)/b20-12+. The first kappa shape index (κ1) is 16.0. The Morgan fingerprint density at radius 1 is 1.23 bits per heavy atom. The molecule has 2 aromatic rings. The molecule has 0 bridgehead atoms. The Bertz CT molecular complexity index is 627. The number of halogens is 1. The second kappa shape index (κ2) is 8.20. The molecule has 0 aliphatic rings. The third-order valence-corrected chi connectivity index (χ3v) is 3.22. The molecule has 0 aliphatic carbocycles. The summed E-state index contributed by atoms with van der Waals surface area (Å²) in [7, 11) is 0. The summed E-state index contributed by atoms with van der Waals surface area (Å²) in [5, 5.41) is 7.28. The van der Waals surface area contributed by atoms with E-state index in [2.05, 4.69) is 10.5 Å². The molecule has 2 rings (SSSR count). The number of oxime groups is 1. The summed E-state index contributed by atoms with van der Waals surface area (Å²) in [5.74, 6) is -0.222. The highest BCUT2D eigenvalue weighted by atomic mass is 35.5. The van der Waals surface area contributed by atoms with Crippen LogP contribution in [0.1, 0.15) is 18.1 Å². The average Bonchev–Trinajstić information content (AvgIpc) is 2.55. The van der Waals surface area contributed by atoms with E-state index in [4.69, 9.17) is 16.4 Å². The summed E-state index contributed by atoms with van der Waals surface area (Å²) in [6.07, 6.45) is 0.912. The molecule has 4 nitrogen and oxygen atoms in total. The van der Waals surface area contributed by atoms with Gasteiger partial charge in [-0.25, -0.2) is 0 Å². The summed E-state index contributed by atoms with van der Waals surface area (Å²) < 4.78 is 0. The Hall–Kier alpha value is -2.33. The quantitative estimate of drug-likeness (QED) is 0.656. The van der Waals surface area contributed by atoms with Crippen LogP contribution in [0.4, 0.5) is 0 Å². The molecule has 1 unspecified atom stereocenters. The SMILES string of the molecule is CC(O/N=C/c1ccccc1)C(=O)NCc1ccc(Cl)cc1. The van der Waals surface area contributed by atoms with E-state index in [-0.39, 0.29) is 5.91 Å². The largest absolute Gasteiger partial charge is 0.383 e. The third-order valence-electron chi connectivity index (χ3n) is 2.97. The Balaban J connectivity index is 1.77. The normalized spacial score (nSPS) is 12.1. The van der Waals surface area contributed by atoms with Crippen LogP contribution in [-0.2, 0) is 16.2 Å². The number of amides is 1. The number of nitrogens with one attached hydrogen (secondary N) is 1. The molecule has 114 valence electrons. The fourth-order valence-electron chi connectivity index (χ4n) is 1.70. The highest BCUT2D eigenvalue weighted by molar-refractivity contribution is 6.30. The fourth-order valence-corrected chi connectivity index (χ4v) is 1.83. The molecule has 0 saturated carbocycles. The summed E-state index contributed by atoms with van der Waals surface area (Å²) >= 11 is 5.81. The smallest absolute Gasteiger partial charge is 0.263 e. The van der Waals surface area contributed by atoms with Crippen LogP contribution in [0.3, 0.4) is 0 Å². The molecule has 22 heavy (non-hydrogen) atoms. The zero-order chi connectivity index (χ0) is 15.8. The molecule has 0 spiro atoms. The molecule has 2 aromatic carbocycles. The minimum Gasteiger partial charge on any atom is -0.383 e. The maximum absolute atomic E-state index is 11.9. The number of carbonyl (C=O) groups is 1. The lowest BCUT2D eigenvalue weighted by Crippen LogP contribution is -2.33. The fraction of sp³-hybridized carbons (Fsp3) is 0.176. The van der Waals surface area contributed by atoms with E-state index in [1.54, 1.807) is 25.3 Å². The van der Waals surface area contributed by atoms with Gasteiger partial charge in [-0.05, 0) is 30.2 Å². The van der Waals surface area contributed by atoms with E-state index >= 15 is 0 Å². The van der Waals surface area contributed by atoms with Gasteiger partial charge in [-0.1, -0.05) is 59.2 Å². The maximum Gasteiger partial charge on any atom is 0.263 e. The van der Waals surface area contributed by atoms with Gasteiger partial charge in [-0.15, -0.1) is 0 Å². The Morgan fingerprint density at radius 3 is 2.59 bits per heavy atom. The van der Waals surface area contributed by atoms with Gasteiger partial charge >= 0.3 is 0 Å². The first-order chi connectivity index (χ1) is 10.6. The van der Waals surface area contributed by atoms with Crippen molar-refractivity contribution < 1.29 is 9.63 Å². The van der Waals surface area contributed by atoms with Gasteiger partial charge in [-0.2, -0.15) is 0 Å². The molecule has 0 heterocycles. The van der Waals surface area contributed by atoms with Crippen LogP contribution >= 0.6 is 11.6 Å². The van der Waals surface area contributed by atoms with Crippen molar-refractivity contribution in [1.29, 1.82) is 0 Å². The van der Waals surface area contributed by atoms with Gasteiger partial charge in [0, 0.05) is 11.6 Å². The van der Waals surface area contributed by atoms with Gasteiger partial charge in [0.15, 0.2) is 0 Å². The predicted molar refractivity (Wildman–Crippen MR) is 87.9 cm³/mol. The predicted octanol–water partition coefficient (Wildman–Crippen LogP) is 3.40. The lowest BCUT2D eigenvalue weighted by molar-refractivity contribution is -0.131. The Kier molecular flexibility index (Phi) is 5.98. The second-order valence-electron chi connectivity index (χ2n) is 4.74. The van der Waals surface area contributed by atoms with Crippen molar-refractivity contribution in [1.82, 2.24) is 5.32 Å². The van der Waals surface area contributed by atoms with E-state index in [1.807, 2.05) is 42.5 Å². The number of hydrogen-bond donors (Lipinski definition) is 1. The summed E-state index contributed by atoms with van der Waals surface area (Å²) in [6.45, 7) is 2.08. The van der Waals surface area contributed by atoms with E-state index in [9.17, 15) is 4.79 Å². The van der Waals surface area contributed by atoms with E-state index in [0.717, 1.165) is 11.1 Å². The van der Waals surface area contributed by atoms with Crippen molar-refractivity contribution in [2.24, 2.45) is 5.16 Å². The van der Waals surface area contributed by atoms with Crippen molar-refractivity contribution in [3.8, 4) is 0 Å². The van der Waals surface area contributed by atoms with Crippen LogP contribution in [0.25, 0.3) is 0 Å². The second-order valence-corrected chi connectivity index (χ2v) is 5.17. The lowest BCUT2D eigenvalue weighted by atomic mass is 10.2. The summed E-state index contributed by atoms with van der Waals surface area (Å²) in [6, 6.07) is 16.8. The van der Waals surface area contributed by atoms with E-state index < -0.39 is 6.10 Å². The first-order valence-electron chi connectivity index (χ1n) is 6.91. The topological polar surface area (TPSA) is 50.7 Å². The molecular weight excluding hydrogens is 300 g/mol. The van der Waals surface area contributed by atoms with E-state index in [0.29, 0.717) is 11.6 Å². The molecular formula is C17H17ClN2O2. The number of nitrogens with zero attached hydrogens (tertiary/aromatic N) is 1. The van der Waals surface area contributed by atoms with Gasteiger partial charge in [0.2, 0.25) is 6.10 Å². The summed E-state index contributed by atoms with van der Waals surface area (Å²) in [4.78, 5) is 17.0. The van der Waals surface area contributed by atoms with Gasteiger partial charge in [0.05, 0.1) is 6.21 Å². The zero-order valence-corrected chi connectivity index (χ0v) is 13.0. The van der Waals surface area contributed by atoms with E-state index in [1.165, 1.54) is 0 Å². The number of rotatable bonds is 6. The monoisotopic (exact) mass is 316 g/mol. The van der Waals surface area contributed by atoms with Crippen LogP contribution in [-0.4, -0.2) is 18.2 Å². The van der Waals surface area contributed by atoms with Crippen molar-refractivity contribution in [3.05, 3.63) is 70.7 Å². The first-order valence-corrected chi connectivity index (χ1v) is 7.29.